The average molecular weight is 454 g/mol. The summed E-state index contributed by atoms with van der Waals surface area (Å²) in [5.74, 6) is 2.23. The smallest absolute Gasteiger partial charge is 0.122 e. The first-order chi connectivity index (χ1) is 15.1. The van der Waals surface area contributed by atoms with Gasteiger partial charge in [-0.15, -0.1) is 12.4 Å². The van der Waals surface area contributed by atoms with Gasteiger partial charge in [-0.3, -0.25) is 0 Å². The molecule has 0 saturated carbocycles. The molecule has 2 aliphatic heterocycles. The van der Waals surface area contributed by atoms with E-state index < -0.39 is 0 Å². The van der Waals surface area contributed by atoms with Gasteiger partial charge in [0.15, 0.2) is 0 Å². The van der Waals surface area contributed by atoms with E-state index in [4.69, 9.17) is 9.47 Å². The molecule has 32 heavy (non-hydrogen) atoms. The number of benzene rings is 2. The number of aryl methyl sites for hydroxylation is 2. The predicted molar refractivity (Wildman–Crippen MR) is 129 cm³/mol. The van der Waals surface area contributed by atoms with Crippen molar-refractivity contribution in [3.05, 3.63) is 77.4 Å². The summed E-state index contributed by atoms with van der Waals surface area (Å²) in [7, 11) is 1.76. The van der Waals surface area contributed by atoms with Crippen LogP contribution in [0.5, 0.6) is 5.75 Å². The summed E-state index contributed by atoms with van der Waals surface area (Å²) in [5, 5.41) is 3.75. The van der Waals surface area contributed by atoms with Crippen molar-refractivity contribution < 1.29 is 9.47 Å². The second kappa shape index (κ2) is 9.26. The van der Waals surface area contributed by atoms with Gasteiger partial charge in [0, 0.05) is 23.4 Å². The van der Waals surface area contributed by atoms with Crippen LogP contribution in [0.25, 0.3) is 5.69 Å². The minimum atomic E-state index is -0.174. The fourth-order valence-corrected chi connectivity index (χ4v) is 5.48. The quantitative estimate of drug-likeness (QED) is 0.583. The Morgan fingerprint density at radius 3 is 2.69 bits per heavy atom. The fourth-order valence-electron chi connectivity index (χ4n) is 5.48. The Morgan fingerprint density at radius 2 is 1.97 bits per heavy atom. The van der Waals surface area contributed by atoms with Crippen LogP contribution in [-0.4, -0.2) is 35.4 Å². The molecular formula is C26H32ClN3O2. The van der Waals surface area contributed by atoms with Crippen molar-refractivity contribution in [2.75, 3.05) is 20.3 Å². The highest BCUT2D eigenvalue weighted by Crippen LogP contribution is 2.49. The zero-order chi connectivity index (χ0) is 21.4. The zero-order valence-electron chi connectivity index (χ0n) is 19.0. The number of halogens is 1. The van der Waals surface area contributed by atoms with Crippen LogP contribution in [0.2, 0.25) is 0 Å². The second-order valence-corrected chi connectivity index (χ2v) is 8.90. The topological polar surface area (TPSA) is 48.3 Å². The van der Waals surface area contributed by atoms with E-state index in [9.17, 15) is 0 Å². The molecule has 0 amide bonds. The molecule has 3 aromatic rings. The Balaban J connectivity index is 0.00000245. The van der Waals surface area contributed by atoms with Crippen LogP contribution in [0.15, 0.2) is 54.7 Å². The normalized spacial score (nSPS) is 25.0. The number of rotatable bonds is 4. The third-order valence-electron chi connectivity index (χ3n) is 6.88. The summed E-state index contributed by atoms with van der Waals surface area (Å²) in [6.45, 7) is 5.82. The molecule has 0 bridgehead atoms. The van der Waals surface area contributed by atoms with Gasteiger partial charge in [0.1, 0.15) is 11.6 Å². The van der Waals surface area contributed by atoms with Crippen LogP contribution in [-0.2, 0) is 4.74 Å². The Labute approximate surface area is 196 Å². The number of hydrogen-bond acceptors (Lipinski definition) is 4. The average Bonchev–Trinajstić information content (AvgIpc) is 3.37. The zero-order valence-corrected chi connectivity index (χ0v) is 19.8. The maximum Gasteiger partial charge on any atom is 0.122 e. The van der Waals surface area contributed by atoms with E-state index >= 15 is 0 Å². The van der Waals surface area contributed by atoms with E-state index in [1.165, 1.54) is 11.1 Å². The molecular weight excluding hydrogens is 422 g/mol. The summed E-state index contributed by atoms with van der Waals surface area (Å²) >= 11 is 0. The fraction of sp³-hybridized carbons (Fsp3) is 0.423. The summed E-state index contributed by atoms with van der Waals surface area (Å²) in [6, 6.07) is 17.4. The molecule has 3 atom stereocenters. The van der Waals surface area contributed by atoms with Crippen LogP contribution >= 0.6 is 12.4 Å². The highest BCUT2D eigenvalue weighted by Gasteiger charge is 2.49. The first-order valence-electron chi connectivity index (χ1n) is 11.2. The predicted octanol–water partition coefficient (Wildman–Crippen LogP) is 5.29. The van der Waals surface area contributed by atoms with Gasteiger partial charge in [-0.25, -0.2) is 4.98 Å². The first-order valence-corrected chi connectivity index (χ1v) is 11.2. The van der Waals surface area contributed by atoms with Crippen LogP contribution < -0.4 is 10.1 Å². The van der Waals surface area contributed by atoms with Gasteiger partial charge < -0.3 is 19.4 Å². The molecule has 1 spiro atoms. The van der Waals surface area contributed by atoms with Gasteiger partial charge in [0.25, 0.3) is 0 Å². The van der Waals surface area contributed by atoms with E-state index in [0.717, 1.165) is 48.8 Å². The van der Waals surface area contributed by atoms with Crippen LogP contribution in [0, 0.1) is 13.8 Å². The van der Waals surface area contributed by atoms with Gasteiger partial charge in [0.2, 0.25) is 0 Å². The molecule has 0 unspecified atom stereocenters. The molecule has 5 nitrogen and oxygen atoms in total. The van der Waals surface area contributed by atoms with E-state index in [0.29, 0.717) is 12.5 Å². The van der Waals surface area contributed by atoms with Crippen LogP contribution in [0.1, 0.15) is 53.9 Å². The third kappa shape index (κ3) is 4.05. The van der Waals surface area contributed by atoms with Crippen molar-refractivity contribution in [3.63, 3.8) is 0 Å². The first kappa shape index (κ1) is 22.8. The van der Waals surface area contributed by atoms with Crippen molar-refractivity contribution in [3.8, 4) is 11.4 Å². The molecule has 2 aliphatic rings. The van der Waals surface area contributed by atoms with Gasteiger partial charge in [-0.2, -0.15) is 0 Å². The molecule has 2 saturated heterocycles. The second-order valence-electron chi connectivity index (χ2n) is 8.90. The van der Waals surface area contributed by atoms with Crippen molar-refractivity contribution in [1.29, 1.82) is 0 Å². The SMILES string of the molecule is COc1ccc(-n2cc(C)nc2C)cc1[C@H]1CO[C@]2(CCCN[C@H]2c2ccccc2)C1.Cl. The number of hydrogen-bond donors (Lipinski definition) is 1. The molecule has 1 aromatic heterocycles. The molecule has 1 N–H and O–H groups in total. The van der Waals surface area contributed by atoms with E-state index in [-0.39, 0.29) is 24.0 Å². The third-order valence-corrected chi connectivity index (χ3v) is 6.88. The number of methoxy groups -OCH3 is 1. The Hall–Kier alpha value is -2.34. The van der Waals surface area contributed by atoms with Crippen molar-refractivity contribution in [2.45, 2.75) is 50.7 Å². The number of aromatic nitrogens is 2. The number of nitrogens with zero attached hydrogens (tertiary/aromatic N) is 2. The van der Waals surface area contributed by atoms with Crippen molar-refractivity contribution in [1.82, 2.24) is 14.9 Å². The lowest BCUT2D eigenvalue weighted by Gasteiger charge is -2.41. The summed E-state index contributed by atoms with van der Waals surface area (Å²) < 4.78 is 14.6. The van der Waals surface area contributed by atoms with Gasteiger partial charge >= 0.3 is 0 Å². The lowest BCUT2D eigenvalue weighted by molar-refractivity contribution is -0.0484. The number of imidazole rings is 1. The van der Waals surface area contributed by atoms with Gasteiger partial charge in [-0.1, -0.05) is 30.3 Å². The number of nitrogens with one attached hydrogen (secondary N) is 1. The standard InChI is InChI=1S/C26H31N3O2.ClH/c1-18-16-29(19(2)28-18)22-10-11-24(30-3)23(14-22)21-15-26(31-17-21)12-7-13-27-25(26)20-8-5-4-6-9-20;/h4-6,8-11,14,16,21,25,27H,7,12-13,15,17H2,1-3H3;1H/t21-,25+,26-;/m1./s1. The highest BCUT2D eigenvalue weighted by molar-refractivity contribution is 5.85. The number of ether oxygens (including phenoxy) is 2. The monoisotopic (exact) mass is 453 g/mol. The van der Waals surface area contributed by atoms with Crippen molar-refractivity contribution in [2.24, 2.45) is 0 Å². The minimum absolute atomic E-state index is 0. The molecule has 0 aliphatic carbocycles. The maximum absolute atomic E-state index is 6.65. The van der Waals surface area contributed by atoms with Gasteiger partial charge in [-0.05, 0) is 63.4 Å². The molecule has 5 rings (SSSR count). The van der Waals surface area contributed by atoms with Crippen LogP contribution in [0.4, 0.5) is 0 Å². The minimum Gasteiger partial charge on any atom is -0.496 e. The van der Waals surface area contributed by atoms with E-state index in [1.54, 1.807) is 7.11 Å². The van der Waals surface area contributed by atoms with Crippen molar-refractivity contribution >= 4 is 12.4 Å². The molecule has 170 valence electrons. The Kier molecular flexibility index (Phi) is 6.61. The highest BCUT2D eigenvalue weighted by atomic mass is 35.5. The summed E-state index contributed by atoms with van der Waals surface area (Å²) in [5.41, 5.74) is 4.51. The van der Waals surface area contributed by atoms with Gasteiger partial charge in [0.05, 0.1) is 31.1 Å². The Bertz CT molecular complexity index is 1070. The molecule has 6 heteroatoms. The summed E-state index contributed by atoms with van der Waals surface area (Å²) in [6.07, 6.45) is 5.30. The molecule has 2 fully saturated rings. The lowest BCUT2D eigenvalue weighted by Crippen LogP contribution is -2.48. The van der Waals surface area contributed by atoms with E-state index in [1.807, 2.05) is 13.8 Å². The molecule has 3 heterocycles. The lowest BCUT2D eigenvalue weighted by atomic mass is 9.77. The largest absolute Gasteiger partial charge is 0.496 e. The number of piperidine rings is 1. The molecule has 2 aromatic carbocycles. The van der Waals surface area contributed by atoms with Crippen LogP contribution in [0.3, 0.4) is 0 Å². The summed E-state index contributed by atoms with van der Waals surface area (Å²) in [4.78, 5) is 4.57. The molecule has 0 radical (unpaired) electrons. The maximum atomic E-state index is 6.65. The Morgan fingerprint density at radius 1 is 1.16 bits per heavy atom. The van der Waals surface area contributed by atoms with E-state index in [2.05, 4.69) is 69.6 Å².